The van der Waals surface area contributed by atoms with Crippen LogP contribution in [-0.4, -0.2) is 30.0 Å². The van der Waals surface area contributed by atoms with Crippen molar-refractivity contribution in [3.63, 3.8) is 0 Å². The van der Waals surface area contributed by atoms with E-state index in [0.717, 1.165) is 6.07 Å². The normalized spacial score (nSPS) is 11.4. The number of carbonyl (C=O) groups is 2. The number of halogens is 2. The molecule has 0 bridgehead atoms. The maximum Gasteiger partial charge on any atom is 0.342 e. The zero-order valence-corrected chi connectivity index (χ0v) is 15.7. The second-order valence-corrected chi connectivity index (χ2v) is 6.09. The Kier molecular flexibility index (Phi) is 6.59. The zero-order valence-electron chi connectivity index (χ0n) is 14.2. The second-order valence-electron chi connectivity index (χ2n) is 5.28. The molecule has 8 nitrogen and oxygen atoms in total. The topological polar surface area (TPSA) is 108 Å². The summed E-state index contributed by atoms with van der Waals surface area (Å²) < 4.78 is 10.1. The third-order valence-corrected chi connectivity index (χ3v) is 4.11. The second kappa shape index (κ2) is 8.70. The molecule has 27 heavy (non-hydrogen) atoms. The van der Waals surface area contributed by atoms with E-state index in [0.29, 0.717) is 0 Å². The van der Waals surface area contributed by atoms with Crippen LogP contribution in [0.3, 0.4) is 0 Å². The predicted octanol–water partition coefficient (Wildman–Crippen LogP) is 4.09. The highest BCUT2D eigenvalue weighted by Crippen LogP contribution is 2.30. The molecule has 2 rings (SSSR count). The number of amides is 1. The van der Waals surface area contributed by atoms with Crippen molar-refractivity contribution in [1.82, 2.24) is 0 Å². The molecule has 10 heteroatoms. The lowest BCUT2D eigenvalue weighted by Gasteiger charge is -2.16. The molecule has 2 aromatic carbocycles. The van der Waals surface area contributed by atoms with E-state index >= 15 is 0 Å². The first-order valence-electron chi connectivity index (χ1n) is 7.53. The van der Waals surface area contributed by atoms with Gasteiger partial charge in [-0.25, -0.2) is 4.79 Å². The molecule has 0 saturated heterocycles. The molecular formula is C17H14Cl2N2O6. The molecule has 0 aliphatic carbocycles. The fourth-order valence-electron chi connectivity index (χ4n) is 2.09. The Labute approximate surface area is 164 Å². The molecule has 1 amide bonds. The molecule has 0 unspecified atom stereocenters. The van der Waals surface area contributed by atoms with Crippen molar-refractivity contribution in [3.8, 4) is 5.75 Å². The van der Waals surface area contributed by atoms with Gasteiger partial charge in [0.25, 0.3) is 11.6 Å². The number of carbonyl (C=O) groups excluding carboxylic acids is 2. The van der Waals surface area contributed by atoms with Gasteiger partial charge in [-0.05, 0) is 25.1 Å². The summed E-state index contributed by atoms with van der Waals surface area (Å²) in [5.41, 5.74) is -0.313. The smallest absolute Gasteiger partial charge is 0.342 e. The number of nitro groups is 1. The molecule has 0 saturated carbocycles. The number of non-ortho nitro benzene ring substituents is 1. The standard InChI is InChI=1S/C17H14Cl2N2O6/c1-9(16(22)20-15-12(18)4-3-5-13(15)19)27-17(23)11-8-10(21(24)25)6-7-14(11)26-2/h3-9H,1-2H3,(H,20,22)/t9-/m0/s1. The lowest BCUT2D eigenvalue weighted by atomic mass is 10.1. The number of rotatable bonds is 6. The van der Waals surface area contributed by atoms with Crippen LogP contribution in [0.2, 0.25) is 10.0 Å². The number of methoxy groups -OCH3 is 1. The third kappa shape index (κ3) is 4.87. The highest BCUT2D eigenvalue weighted by molar-refractivity contribution is 6.39. The van der Waals surface area contributed by atoms with E-state index in [4.69, 9.17) is 32.7 Å². The van der Waals surface area contributed by atoms with Crippen molar-refractivity contribution in [2.24, 2.45) is 0 Å². The summed E-state index contributed by atoms with van der Waals surface area (Å²) in [5.74, 6) is -1.56. The van der Waals surface area contributed by atoms with E-state index in [1.807, 2.05) is 0 Å². The number of nitro benzene ring substituents is 1. The van der Waals surface area contributed by atoms with E-state index in [1.54, 1.807) is 6.07 Å². The zero-order chi connectivity index (χ0) is 20.1. The van der Waals surface area contributed by atoms with Gasteiger partial charge < -0.3 is 14.8 Å². The van der Waals surface area contributed by atoms with Crippen molar-refractivity contribution in [3.05, 3.63) is 62.1 Å². The Morgan fingerprint density at radius 1 is 1.19 bits per heavy atom. The molecule has 0 spiro atoms. The molecule has 2 aromatic rings. The lowest BCUT2D eigenvalue weighted by molar-refractivity contribution is -0.384. The number of nitrogens with zero attached hydrogens (tertiary/aromatic N) is 1. The number of anilines is 1. The number of nitrogens with one attached hydrogen (secondary N) is 1. The van der Waals surface area contributed by atoms with Crippen LogP contribution < -0.4 is 10.1 Å². The van der Waals surface area contributed by atoms with Crippen molar-refractivity contribution in [2.75, 3.05) is 12.4 Å². The highest BCUT2D eigenvalue weighted by Gasteiger charge is 2.24. The molecule has 0 aliphatic heterocycles. The van der Waals surface area contributed by atoms with Gasteiger partial charge in [0.05, 0.1) is 27.8 Å². The quantitative estimate of drug-likeness (QED) is 0.434. The number of ether oxygens (including phenoxy) is 2. The average Bonchev–Trinajstić information content (AvgIpc) is 2.63. The fourth-order valence-corrected chi connectivity index (χ4v) is 2.58. The van der Waals surface area contributed by atoms with Gasteiger partial charge in [0.1, 0.15) is 11.3 Å². The van der Waals surface area contributed by atoms with Crippen LogP contribution in [0.5, 0.6) is 5.75 Å². The molecule has 0 heterocycles. The Balaban J connectivity index is 2.16. The summed E-state index contributed by atoms with van der Waals surface area (Å²) in [6.07, 6.45) is -1.23. The molecule has 1 N–H and O–H groups in total. The van der Waals surface area contributed by atoms with Crippen molar-refractivity contribution in [1.29, 1.82) is 0 Å². The first kappa shape index (κ1) is 20.5. The lowest BCUT2D eigenvalue weighted by Crippen LogP contribution is -2.30. The van der Waals surface area contributed by atoms with Gasteiger partial charge in [-0.2, -0.15) is 0 Å². The van der Waals surface area contributed by atoms with Crippen LogP contribution in [0.4, 0.5) is 11.4 Å². The average molecular weight is 413 g/mol. The molecule has 0 fully saturated rings. The van der Waals surface area contributed by atoms with E-state index in [2.05, 4.69) is 5.32 Å². The van der Waals surface area contributed by atoms with Crippen LogP contribution in [0, 0.1) is 10.1 Å². The summed E-state index contributed by atoms with van der Waals surface area (Å²) in [6, 6.07) is 8.14. The van der Waals surface area contributed by atoms with Crippen molar-refractivity contribution < 1.29 is 24.0 Å². The fraction of sp³-hybridized carbons (Fsp3) is 0.176. The minimum atomic E-state index is -1.23. The minimum absolute atomic E-state index is 0.0763. The van der Waals surface area contributed by atoms with Crippen LogP contribution in [0.15, 0.2) is 36.4 Å². The number of para-hydroxylation sites is 1. The third-order valence-electron chi connectivity index (χ3n) is 3.48. The van der Waals surface area contributed by atoms with E-state index in [-0.39, 0.29) is 32.7 Å². The first-order valence-corrected chi connectivity index (χ1v) is 8.28. The molecule has 0 aliphatic rings. The van der Waals surface area contributed by atoms with Gasteiger partial charge in [-0.15, -0.1) is 0 Å². The van der Waals surface area contributed by atoms with E-state index < -0.39 is 22.9 Å². The number of benzene rings is 2. The minimum Gasteiger partial charge on any atom is -0.496 e. The summed E-state index contributed by atoms with van der Waals surface area (Å²) in [4.78, 5) is 34.8. The first-order chi connectivity index (χ1) is 12.7. The predicted molar refractivity (Wildman–Crippen MR) is 99.6 cm³/mol. The maximum atomic E-state index is 12.3. The van der Waals surface area contributed by atoms with Crippen LogP contribution in [0.1, 0.15) is 17.3 Å². The van der Waals surface area contributed by atoms with Gasteiger partial charge >= 0.3 is 5.97 Å². The van der Waals surface area contributed by atoms with Crippen molar-refractivity contribution >= 4 is 46.5 Å². The van der Waals surface area contributed by atoms with Crippen LogP contribution >= 0.6 is 23.2 Å². The van der Waals surface area contributed by atoms with Crippen LogP contribution in [-0.2, 0) is 9.53 Å². The molecule has 0 radical (unpaired) electrons. The van der Waals surface area contributed by atoms with Gasteiger partial charge in [0.2, 0.25) is 0 Å². The van der Waals surface area contributed by atoms with Crippen LogP contribution in [0.25, 0.3) is 0 Å². The Morgan fingerprint density at radius 3 is 2.37 bits per heavy atom. The largest absolute Gasteiger partial charge is 0.496 e. The van der Waals surface area contributed by atoms with E-state index in [9.17, 15) is 19.7 Å². The maximum absolute atomic E-state index is 12.3. The Bertz CT molecular complexity index is 883. The number of hydrogen-bond donors (Lipinski definition) is 1. The van der Waals surface area contributed by atoms with Gasteiger partial charge in [0, 0.05) is 12.1 Å². The van der Waals surface area contributed by atoms with Gasteiger partial charge in [-0.3, -0.25) is 14.9 Å². The summed E-state index contributed by atoms with van der Waals surface area (Å²) >= 11 is 12.0. The Morgan fingerprint density at radius 2 is 1.81 bits per heavy atom. The highest BCUT2D eigenvalue weighted by atomic mass is 35.5. The molecule has 1 atom stereocenters. The summed E-state index contributed by atoms with van der Waals surface area (Å²) in [6.45, 7) is 1.34. The van der Waals surface area contributed by atoms with Crippen molar-refractivity contribution in [2.45, 2.75) is 13.0 Å². The molecule has 0 aromatic heterocycles. The molecule has 142 valence electrons. The number of hydrogen-bond acceptors (Lipinski definition) is 6. The van der Waals surface area contributed by atoms with Gasteiger partial charge in [-0.1, -0.05) is 29.3 Å². The summed E-state index contributed by atoms with van der Waals surface area (Å²) in [5, 5.41) is 13.8. The molecular weight excluding hydrogens is 399 g/mol. The Hall–Kier alpha value is -2.84. The van der Waals surface area contributed by atoms with E-state index in [1.165, 1.54) is 38.3 Å². The summed E-state index contributed by atoms with van der Waals surface area (Å²) in [7, 11) is 1.30. The SMILES string of the molecule is COc1ccc([N+](=O)[O-])cc1C(=O)O[C@@H](C)C(=O)Nc1c(Cl)cccc1Cl. The monoisotopic (exact) mass is 412 g/mol. The number of esters is 1. The van der Waals surface area contributed by atoms with Gasteiger partial charge in [0.15, 0.2) is 6.10 Å².